The molecule has 0 saturated carbocycles. The second-order valence-electron chi connectivity index (χ2n) is 4.18. The summed E-state index contributed by atoms with van der Waals surface area (Å²) in [6.07, 6.45) is 0. The van der Waals surface area contributed by atoms with Gasteiger partial charge in [-0.25, -0.2) is 8.42 Å². The molecule has 0 aromatic heterocycles. The normalized spacial score (nSPS) is 12.8. The van der Waals surface area contributed by atoms with E-state index in [0.717, 1.165) is 0 Å². The Hall–Kier alpha value is -1.73. The van der Waals surface area contributed by atoms with Gasteiger partial charge in [-0.2, -0.15) is 4.72 Å². The first kappa shape index (κ1) is 16.3. The highest BCUT2D eigenvalue weighted by atomic mass is 32.2. The molecule has 0 fully saturated rings. The molecule has 0 aliphatic rings. The van der Waals surface area contributed by atoms with E-state index in [0.29, 0.717) is 5.56 Å². The molecule has 0 aliphatic carbocycles. The molecule has 1 N–H and O–H groups in total. The Balaban J connectivity index is 2.88. The zero-order valence-electron chi connectivity index (χ0n) is 11.5. The SMILES string of the molecule is CCOC(=O)C(C)NS(=O)(=O)c1ccc(C(C)=O)cc1. The number of Topliss-reactive ketones (excluding diaryl/α,β-unsaturated/α-hetero) is 1. The number of ether oxygens (including phenoxy) is 1. The highest BCUT2D eigenvalue weighted by Crippen LogP contribution is 2.11. The lowest BCUT2D eigenvalue weighted by molar-refractivity contribution is -0.144. The van der Waals surface area contributed by atoms with Gasteiger partial charge in [-0.1, -0.05) is 12.1 Å². The third-order valence-electron chi connectivity index (χ3n) is 2.54. The summed E-state index contributed by atoms with van der Waals surface area (Å²) in [5.41, 5.74) is 0.419. The van der Waals surface area contributed by atoms with Gasteiger partial charge in [0.25, 0.3) is 0 Å². The third kappa shape index (κ3) is 4.14. The van der Waals surface area contributed by atoms with Crippen LogP contribution < -0.4 is 4.72 Å². The first-order valence-corrected chi connectivity index (χ1v) is 7.56. The number of carbonyl (C=O) groups is 2. The van der Waals surface area contributed by atoms with Gasteiger partial charge in [0.05, 0.1) is 11.5 Å². The summed E-state index contributed by atoms with van der Waals surface area (Å²) >= 11 is 0. The van der Waals surface area contributed by atoms with Crippen LogP contribution in [-0.2, 0) is 19.6 Å². The Bertz CT molecular complexity index is 592. The van der Waals surface area contributed by atoms with Crippen molar-refractivity contribution in [1.29, 1.82) is 0 Å². The fourth-order valence-electron chi connectivity index (χ4n) is 1.48. The predicted molar refractivity (Wildman–Crippen MR) is 72.9 cm³/mol. The number of ketones is 1. The summed E-state index contributed by atoms with van der Waals surface area (Å²) in [6.45, 7) is 4.61. The Kier molecular flexibility index (Phi) is 5.41. The molecule has 20 heavy (non-hydrogen) atoms. The van der Waals surface area contributed by atoms with Crippen molar-refractivity contribution in [3.8, 4) is 0 Å². The van der Waals surface area contributed by atoms with E-state index in [2.05, 4.69) is 4.72 Å². The average Bonchev–Trinajstić information content (AvgIpc) is 2.38. The van der Waals surface area contributed by atoms with Gasteiger partial charge < -0.3 is 4.74 Å². The van der Waals surface area contributed by atoms with Crippen molar-refractivity contribution in [2.24, 2.45) is 0 Å². The second-order valence-corrected chi connectivity index (χ2v) is 5.89. The molecule has 1 unspecified atom stereocenters. The molecule has 1 aromatic carbocycles. The zero-order valence-corrected chi connectivity index (χ0v) is 12.4. The largest absolute Gasteiger partial charge is 0.465 e. The first-order valence-electron chi connectivity index (χ1n) is 6.08. The monoisotopic (exact) mass is 299 g/mol. The second kappa shape index (κ2) is 6.62. The van der Waals surface area contributed by atoms with Crippen LogP contribution in [0.5, 0.6) is 0 Å². The summed E-state index contributed by atoms with van der Waals surface area (Å²) in [5, 5.41) is 0. The van der Waals surface area contributed by atoms with Crippen LogP contribution in [0.3, 0.4) is 0 Å². The smallest absolute Gasteiger partial charge is 0.323 e. The molecule has 1 rings (SSSR count). The predicted octanol–water partition coefficient (Wildman–Crippen LogP) is 1.12. The summed E-state index contributed by atoms with van der Waals surface area (Å²) < 4.78 is 31.0. The summed E-state index contributed by atoms with van der Waals surface area (Å²) in [4.78, 5) is 22.5. The van der Waals surface area contributed by atoms with E-state index in [9.17, 15) is 18.0 Å². The Morgan fingerprint density at radius 3 is 2.25 bits per heavy atom. The molecule has 0 amide bonds. The molecule has 1 atom stereocenters. The molecule has 110 valence electrons. The number of hydrogen-bond donors (Lipinski definition) is 1. The first-order chi connectivity index (χ1) is 9.27. The molecular weight excluding hydrogens is 282 g/mol. The number of esters is 1. The van der Waals surface area contributed by atoms with Crippen LogP contribution in [0.1, 0.15) is 31.1 Å². The van der Waals surface area contributed by atoms with Crippen molar-refractivity contribution in [2.45, 2.75) is 31.7 Å². The van der Waals surface area contributed by atoms with Crippen molar-refractivity contribution >= 4 is 21.8 Å². The molecule has 0 spiro atoms. The van der Waals surface area contributed by atoms with E-state index in [4.69, 9.17) is 4.74 Å². The summed E-state index contributed by atoms with van der Waals surface area (Å²) in [7, 11) is -3.83. The van der Waals surface area contributed by atoms with Gasteiger partial charge in [0.2, 0.25) is 10.0 Å². The van der Waals surface area contributed by atoms with Gasteiger partial charge in [-0.05, 0) is 32.9 Å². The van der Waals surface area contributed by atoms with Gasteiger partial charge in [-0.15, -0.1) is 0 Å². The van der Waals surface area contributed by atoms with E-state index in [1.807, 2.05) is 0 Å². The number of hydrogen-bond acceptors (Lipinski definition) is 5. The lowest BCUT2D eigenvalue weighted by Gasteiger charge is -2.13. The van der Waals surface area contributed by atoms with Gasteiger partial charge in [0, 0.05) is 5.56 Å². The van der Waals surface area contributed by atoms with E-state index in [1.54, 1.807) is 6.92 Å². The van der Waals surface area contributed by atoms with Crippen LogP contribution in [0.15, 0.2) is 29.2 Å². The maximum absolute atomic E-state index is 12.0. The number of nitrogens with one attached hydrogen (secondary N) is 1. The Labute approximate surface area is 118 Å². The highest BCUT2D eigenvalue weighted by molar-refractivity contribution is 7.89. The van der Waals surface area contributed by atoms with E-state index < -0.39 is 22.0 Å². The lowest BCUT2D eigenvalue weighted by Crippen LogP contribution is -2.39. The van der Waals surface area contributed by atoms with Crippen LogP contribution in [0.25, 0.3) is 0 Å². The number of carbonyl (C=O) groups excluding carboxylic acids is 2. The summed E-state index contributed by atoms with van der Waals surface area (Å²) in [6, 6.07) is 4.50. The van der Waals surface area contributed by atoms with Gasteiger partial charge in [0.15, 0.2) is 5.78 Å². The molecule has 7 heteroatoms. The van der Waals surface area contributed by atoms with Crippen molar-refractivity contribution in [3.63, 3.8) is 0 Å². The van der Waals surface area contributed by atoms with Crippen LogP contribution in [0.4, 0.5) is 0 Å². The molecule has 1 aromatic rings. The van der Waals surface area contributed by atoms with Crippen molar-refractivity contribution in [3.05, 3.63) is 29.8 Å². The molecule has 0 heterocycles. The number of benzene rings is 1. The van der Waals surface area contributed by atoms with Crippen LogP contribution in [0, 0.1) is 0 Å². The summed E-state index contributed by atoms with van der Waals surface area (Å²) in [5.74, 6) is -0.793. The molecule has 0 bridgehead atoms. The third-order valence-corrected chi connectivity index (χ3v) is 4.10. The molecule has 0 radical (unpaired) electrons. The van der Waals surface area contributed by atoms with E-state index in [-0.39, 0.29) is 17.3 Å². The zero-order chi connectivity index (χ0) is 15.3. The fraction of sp³-hybridized carbons (Fsp3) is 0.385. The van der Waals surface area contributed by atoms with Gasteiger partial charge in [0.1, 0.15) is 6.04 Å². The van der Waals surface area contributed by atoms with Crippen molar-refractivity contribution in [2.75, 3.05) is 6.61 Å². The lowest BCUT2D eigenvalue weighted by atomic mass is 10.2. The Morgan fingerprint density at radius 1 is 1.25 bits per heavy atom. The minimum atomic E-state index is -3.83. The minimum Gasteiger partial charge on any atom is -0.465 e. The molecule has 0 saturated heterocycles. The molecular formula is C13H17NO5S. The Morgan fingerprint density at radius 2 is 1.80 bits per heavy atom. The van der Waals surface area contributed by atoms with Gasteiger partial charge >= 0.3 is 5.97 Å². The minimum absolute atomic E-state index is 0.0151. The maximum Gasteiger partial charge on any atom is 0.323 e. The molecule has 6 nitrogen and oxygen atoms in total. The van der Waals surface area contributed by atoms with Gasteiger partial charge in [-0.3, -0.25) is 9.59 Å². The van der Waals surface area contributed by atoms with E-state index in [1.165, 1.54) is 38.1 Å². The average molecular weight is 299 g/mol. The quantitative estimate of drug-likeness (QED) is 0.628. The fourth-order valence-corrected chi connectivity index (χ4v) is 2.68. The van der Waals surface area contributed by atoms with Crippen LogP contribution in [-0.4, -0.2) is 32.8 Å². The maximum atomic E-state index is 12.0. The molecule has 0 aliphatic heterocycles. The van der Waals surface area contributed by atoms with Crippen molar-refractivity contribution < 1.29 is 22.7 Å². The van der Waals surface area contributed by atoms with Crippen molar-refractivity contribution in [1.82, 2.24) is 4.72 Å². The topological polar surface area (TPSA) is 89.5 Å². The van der Waals surface area contributed by atoms with E-state index >= 15 is 0 Å². The number of sulfonamides is 1. The highest BCUT2D eigenvalue weighted by Gasteiger charge is 2.22. The number of rotatable bonds is 6. The standard InChI is InChI=1S/C13H17NO5S/c1-4-19-13(16)9(2)14-20(17,18)12-7-5-11(6-8-12)10(3)15/h5-9,14H,4H2,1-3H3. The van der Waals surface area contributed by atoms with Crippen LogP contribution >= 0.6 is 0 Å². The van der Waals surface area contributed by atoms with Crippen LogP contribution in [0.2, 0.25) is 0 Å².